The van der Waals surface area contributed by atoms with E-state index < -0.39 is 0 Å². The number of likely N-dealkylation sites (N-methyl/N-ethyl adjacent to an activating group) is 1. The largest absolute Gasteiger partial charge is 0.497 e. The monoisotopic (exact) mass is 528 g/mol. The van der Waals surface area contributed by atoms with Crippen molar-refractivity contribution in [3.05, 3.63) is 48.0 Å². The van der Waals surface area contributed by atoms with E-state index in [4.69, 9.17) is 19.9 Å². The number of rotatable bonds is 10. The van der Waals surface area contributed by atoms with Crippen LogP contribution in [0.25, 0.3) is 0 Å². The fraction of sp³-hybridized carbons (Fsp3) is 0.409. The standard InChI is InChI=1S/C22H32N4O3.HI/c1-6-28-18-11-12-21(29-7-2)19(14-18)25-22(23)24-15-20(26(3)4)16-9-8-10-17(13-16)27-5;/h8-14,20H,6-7,15H2,1-5H3,(H3,23,24,25);1H. The van der Waals surface area contributed by atoms with Gasteiger partial charge in [-0.15, -0.1) is 24.0 Å². The molecule has 0 aliphatic heterocycles. The van der Waals surface area contributed by atoms with E-state index in [0.29, 0.717) is 31.5 Å². The molecule has 0 heterocycles. The molecular formula is C22H33IN4O3. The Balaban J connectivity index is 0.00000450. The van der Waals surface area contributed by atoms with Crippen molar-refractivity contribution in [1.82, 2.24) is 4.90 Å². The minimum atomic E-state index is 0. The molecule has 30 heavy (non-hydrogen) atoms. The van der Waals surface area contributed by atoms with Crippen LogP contribution in [0, 0.1) is 0 Å². The number of methoxy groups -OCH3 is 1. The summed E-state index contributed by atoms with van der Waals surface area (Å²) in [7, 11) is 5.69. The first kappa shape index (κ1) is 25.8. The van der Waals surface area contributed by atoms with E-state index in [2.05, 4.69) is 21.3 Å². The first-order chi connectivity index (χ1) is 14.0. The predicted molar refractivity (Wildman–Crippen MR) is 134 cm³/mol. The Morgan fingerprint density at radius 1 is 1.07 bits per heavy atom. The van der Waals surface area contributed by atoms with Crippen LogP contribution in [0.4, 0.5) is 5.69 Å². The van der Waals surface area contributed by atoms with Crippen molar-refractivity contribution < 1.29 is 14.2 Å². The number of nitrogens with zero attached hydrogens (tertiary/aromatic N) is 2. The van der Waals surface area contributed by atoms with Crippen molar-refractivity contribution in [2.24, 2.45) is 10.7 Å². The van der Waals surface area contributed by atoms with Crippen LogP contribution in [0.15, 0.2) is 47.5 Å². The Morgan fingerprint density at radius 2 is 1.80 bits per heavy atom. The number of benzene rings is 2. The lowest BCUT2D eigenvalue weighted by Crippen LogP contribution is -2.27. The van der Waals surface area contributed by atoms with Crippen molar-refractivity contribution in [3.63, 3.8) is 0 Å². The zero-order chi connectivity index (χ0) is 21.2. The van der Waals surface area contributed by atoms with Gasteiger partial charge >= 0.3 is 0 Å². The quantitative estimate of drug-likeness (QED) is 0.274. The lowest BCUT2D eigenvalue weighted by molar-refractivity contribution is 0.305. The number of aliphatic imine (C=N–C) groups is 1. The van der Waals surface area contributed by atoms with E-state index in [1.807, 2.05) is 64.3 Å². The van der Waals surface area contributed by atoms with Crippen molar-refractivity contribution in [3.8, 4) is 17.2 Å². The molecule has 7 nitrogen and oxygen atoms in total. The van der Waals surface area contributed by atoms with Crippen LogP contribution in [0.1, 0.15) is 25.5 Å². The predicted octanol–water partition coefficient (Wildman–Crippen LogP) is 4.14. The van der Waals surface area contributed by atoms with Gasteiger partial charge in [0.1, 0.15) is 17.2 Å². The highest BCUT2D eigenvalue weighted by molar-refractivity contribution is 14.0. The molecule has 1 atom stereocenters. The number of nitrogens with one attached hydrogen (secondary N) is 1. The summed E-state index contributed by atoms with van der Waals surface area (Å²) in [5.41, 5.74) is 8.01. The Hall–Kier alpha value is -2.20. The lowest BCUT2D eigenvalue weighted by atomic mass is 10.1. The molecule has 0 radical (unpaired) electrons. The summed E-state index contributed by atoms with van der Waals surface area (Å²) in [4.78, 5) is 6.66. The summed E-state index contributed by atoms with van der Waals surface area (Å²) in [6.45, 7) is 5.52. The number of ether oxygens (including phenoxy) is 3. The van der Waals surface area contributed by atoms with Gasteiger partial charge in [-0.25, -0.2) is 0 Å². The molecule has 0 amide bonds. The van der Waals surface area contributed by atoms with Crippen LogP contribution in [0.5, 0.6) is 17.2 Å². The normalized spacial score (nSPS) is 12.1. The van der Waals surface area contributed by atoms with Crippen LogP contribution in [-0.4, -0.2) is 51.8 Å². The molecule has 1 unspecified atom stereocenters. The van der Waals surface area contributed by atoms with E-state index >= 15 is 0 Å². The van der Waals surface area contributed by atoms with E-state index in [1.165, 1.54) is 0 Å². The fourth-order valence-corrected chi connectivity index (χ4v) is 2.92. The van der Waals surface area contributed by atoms with Gasteiger partial charge in [0.15, 0.2) is 5.96 Å². The molecule has 0 bridgehead atoms. The lowest BCUT2D eigenvalue weighted by Gasteiger charge is -2.23. The molecule has 2 aromatic rings. The highest BCUT2D eigenvalue weighted by Crippen LogP contribution is 2.29. The summed E-state index contributed by atoms with van der Waals surface area (Å²) in [6, 6.07) is 13.6. The van der Waals surface area contributed by atoms with Crippen molar-refractivity contribution in [2.45, 2.75) is 19.9 Å². The second-order valence-electron chi connectivity index (χ2n) is 6.63. The molecule has 0 saturated heterocycles. The van der Waals surface area contributed by atoms with Crippen molar-refractivity contribution in [1.29, 1.82) is 0 Å². The maximum atomic E-state index is 6.18. The molecular weight excluding hydrogens is 495 g/mol. The van der Waals surface area contributed by atoms with Crippen molar-refractivity contribution >= 4 is 35.6 Å². The van der Waals surface area contributed by atoms with Crippen LogP contribution in [-0.2, 0) is 0 Å². The summed E-state index contributed by atoms with van der Waals surface area (Å²) in [5, 5.41) is 3.14. The number of hydrogen-bond donors (Lipinski definition) is 2. The molecule has 0 fully saturated rings. The molecule has 2 rings (SSSR count). The molecule has 0 aliphatic carbocycles. The highest BCUT2D eigenvalue weighted by Gasteiger charge is 2.15. The number of guanidine groups is 1. The van der Waals surface area contributed by atoms with Crippen LogP contribution in [0.3, 0.4) is 0 Å². The molecule has 0 aromatic heterocycles. The molecule has 2 aromatic carbocycles. The third-order valence-corrected chi connectivity index (χ3v) is 4.36. The van der Waals surface area contributed by atoms with Gasteiger partial charge in [0.2, 0.25) is 0 Å². The SMILES string of the molecule is CCOc1ccc(OCC)c(NC(N)=NCC(c2cccc(OC)c2)N(C)C)c1.I. The van der Waals surface area contributed by atoms with Gasteiger partial charge in [0, 0.05) is 6.07 Å². The summed E-state index contributed by atoms with van der Waals surface area (Å²) < 4.78 is 16.6. The van der Waals surface area contributed by atoms with Crippen LogP contribution >= 0.6 is 24.0 Å². The van der Waals surface area contributed by atoms with Gasteiger partial charge in [-0.05, 0) is 57.8 Å². The Kier molecular flexibility index (Phi) is 11.3. The molecule has 8 heteroatoms. The summed E-state index contributed by atoms with van der Waals surface area (Å²) >= 11 is 0. The first-order valence-electron chi connectivity index (χ1n) is 9.75. The Bertz CT molecular complexity index is 815. The number of nitrogens with two attached hydrogens (primary N) is 1. The van der Waals surface area contributed by atoms with Gasteiger partial charge in [0.25, 0.3) is 0 Å². The fourth-order valence-electron chi connectivity index (χ4n) is 2.92. The molecule has 0 aliphatic rings. The minimum Gasteiger partial charge on any atom is -0.497 e. The molecule has 3 N–H and O–H groups in total. The number of anilines is 1. The molecule has 0 spiro atoms. The second kappa shape index (κ2) is 13.2. The van der Waals surface area contributed by atoms with Gasteiger partial charge < -0.3 is 30.2 Å². The molecule has 166 valence electrons. The average Bonchev–Trinajstić information content (AvgIpc) is 2.70. The zero-order valence-corrected chi connectivity index (χ0v) is 20.7. The Labute approximate surface area is 196 Å². The third kappa shape index (κ3) is 7.56. The zero-order valence-electron chi connectivity index (χ0n) is 18.3. The van der Waals surface area contributed by atoms with E-state index in [1.54, 1.807) is 7.11 Å². The topological polar surface area (TPSA) is 81.3 Å². The minimum absolute atomic E-state index is 0. The Morgan fingerprint density at radius 3 is 2.43 bits per heavy atom. The highest BCUT2D eigenvalue weighted by atomic mass is 127. The summed E-state index contributed by atoms with van der Waals surface area (Å²) in [6.07, 6.45) is 0. The third-order valence-electron chi connectivity index (χ3n) is 4.36. The van der Waals surface area contributed by atoms with Crippen LogP contribution in [0.2, 0.25) is 0 Å². The van der Waals surface area contributed by atoms with Gasteiger partial charge in [-0.1, -0.05) is 12.1 Å². The van der Waals surface area contributed by atoms with Gasteiger partial charge in [0.05, 0.1) is 38.6 Å². The van der Waals surface area contributed by atoms with E-state index in [-0.39, 0.29) is 30.0 Å². The van der Waals surface area contributed by atoms with E-state index in [9.17, 15) is 0 Å². The van der Waals surface area contributed by atoms with Gasteiger partial charge in [-0.3, -0.25) is 4.99 Å². The van der Waals surface area contributed by atoms with E-state index in [0.717, 1.165) is 22.7 Å². The van der Waals surface area contributed by atoms with Crippen LogP contribution < -0.4 is 25.3 Å². The average molecular weight is 528 g/mol. The second-order valence-corrected chi connectivity index (χ2v) is 6.63. The number of hydrogen-bond acceptors (Lipinski definition) is 5. The maximum absolute atomic E-state index is 6.18. The maximum Gasteiger partial charge on any atom is 0.193 e. The number of halogens is 1. The summed E-state index contributed by atoms with van der Waals surface area (Å²) in [5.74, 6) is 2.58. The molecule has 0 saturated carbocycles. The first-order valence-corrected chi connectivity index (χ1v) is 9.75. The van der Waals surface area contributed by atoms with Crippen molar-refractivity contribution in [2.75, 3.05) is 46.3 Å². The smallest absolute Gasteiger partial charge is 0.193 e. The van der Waals surface area contributed by atoms with Gasteiger partial charge in [-0.2, -0.15) is 0 Å².